The van der Waals surface area contributed by atoms with Gasteiger partial charge in [0.1, 0.15) is 0 Å². The van der Waals surface area contributed by atoms with Gasteiger partial charge < -0.3 is 5.32 Å². The molecule has 0 saturated carbocycles. The molecule has 1 amide bonds. The van der Waals surface area contributed by atoms with Gasteiger partial charge in [0.25, 0.3) is 0 Å². The van der Waals surface area contributed by atoms with Gasteiger partial charge in [-0.15, -0.1) is 11.8 Å². The number of likely N-dealkylation sites (N-methyl/N-ethyl adjacent to an activating group) is 1. The largest absolute Gasteiger partial charge is 0.325 e. The minimum Gasteiger partial charge on any atom is -0.325 e. The van der Waals surface area contributed by atoms with Gasteiger partial charge in [0.15, 0.2) is 0 Å². The number of rotatable bonds is 7. The van der Waals surface area contributed by atoms with Crippen molar-refractivity contribution in [2.75, 3.05) is 25.2 Å². The third-order valence-corrected chi connectivity index (χ3v) is 4.44. The van der Waals surface area contributed by atoms with Crippen molar-refractivity contribution in [1.82, 2.24) is 4.90 Å². The predicted molar refractivity (Wildman–Crippen MR) is 99.0 cm³/mol. The number of nitrogens with zero attached hydrogens (tertiary/aromatic N) is 1. The maximum atomic E-state index is 12.2. The molecule has 0 unspecified atom stereocenters. The molecule has 2 aromatic rings. The van der Waals surface area contributed by atoms with E-state index < -0.39 is 0 Å². The number of hydrogen-bond donors (Lipinski definition) is 1. The zero-order valence-corrected chi connectivity index (χ0v) is 14.8. The molecule has 0 fully saturated rings. The lowest BCUT2D eigenvalue weighted by molar-refractivity contribution is -0.117. The molecule has 2 aromatic carbocycles. The first kappa shape index (κ1) is 17.6. The average molecular weight is 328 g/mol. The standard InChI is InChI=1S/C19H24N2OS/c1-4-16-7-5-6-8-18(16)20-19(22)14-21(2)13-15-9-11-17(23-3)12-10-15/h5-12H,4,13-14H2,1-3H3,(H,20,22). The number of carbonyl (C=O) groups excluding carboxylic acids is 1. The van der Waals surface area contributed by atoms with Gasteiger partial charge in [0.2, 0.25) is 5.91 Å². The summed E-state index contributed by atoms with van der Waals surface area (Å²) < 4.78 is 0. The molecular formula is C19H24N2OS. The van der Waals surface area contributed by atoms with E-state index >= 15 is 0 Å². The number of benzene rings is 2. The molecule has 23 heavy (non-hydrogen) atoms. The highest BCUT2D eigenvalue weighted by Crippen LogP contribution is 2.17. The Labute approximate surface area is 143 Å². The van der Waals surface area contributed by atoms with Crippen LogP contribution in [0.5, 0.6) is 0 Å². The van der Waals surface area contributed by atoms with Crippen molar-refractivity contribution >= 4 is 23.4 Å². The zero-order valence-electron chi connectivity index (χ0n) is 14.0. The highest BCUT2D eigenvalue weighted by Gasteiger charge is 2.09. The van der Waals surface area contributed by atoms with Gasteiger partial charge in [-0.1, -0.05) is 37.3 Å². The first-order valence-corrected chi connectivity index (χ1v) is 9.04. The second-order valence-electron chi connectivity index (χ2n) is 5.58. The van der Waals surface area contributed by atoms with Crippen molar-refractivity contribution in [3.8, 4) is 0 Å². The molecule has 0 aliphatic heterocycles. The normalized spacial score (nSPS) is 10.8. The van der Waals surface area contributed by atoms with Gasteiger partial charge >= 0.3 is 0 Å². The molecule has 0 radical (unpaired) electrons. The average Bonchev–Trinajstić information content (AvgIpc) is 2.55. The molecule has 0 saturated heterocycles. The number of nitrogens with one attached hydrogen (secondary N) is 1. The van der Waals surface area contributed by atoms with E-state index in [9.17, 15) is 4.79 Å². The van der Waals surface area contributed by atoms with Crippen LogP contribution in [0, 0.1) is 0 Å². The first-order chi connectivity index (χ1) is 11.1. The Bertz CT molecular complexity index is 640. The number of para-hydroxylation sites is 1. The Morgan fingerprint density at radius 2 is 1.83 bits per heavy atom. The van der Waals surface area contributed by atoms with Gasteiger partial charge in [0.05, 0.1) is 6.54 Å². The van der Waals surface area contributed by atoms with Crippen molar-refractivity contribution in [2.45, 2.75) is 24.8 Å². The molecule has 0 spiro atoms. The van der Waals surface area contributed by atoms with Crippen molar-refractivity contribution in [3.63, 3.8) is 0 Å². The van der Waals surface area contributed by atoms with Crippen molar-refractivity contribution < 1.29 is 4.79 Å². The van der Waals surface area contributed by atoms with Crippen LogP contribution >= 0.6 is 11.8 Å². The van der Waals surface area contributed by atoms with E-state index in [4.69, 9.17) is 0 Å². The summed E-state index contributed by atoms with van der Waals surface area (Å²) in [6.07, 6.45) is 2.98. The lowest BCUT2D eigenvalue weighted by Crippen LogP contribution is -2.30. The molecular weight excluding hydrogens is 304 g/mol. The summed E-state index contributed by atoms with van der Waals surface area (Å²) in [5, 5.41) is 3.01. The van der Waals surface area contributed by atoms with Crippen LogP contribution in [0.1, 0.15) is 18.1 Å². The lowest BCUT2D eigenvalue weighted by atomic mass is 10.1. The first-order valence-electron chi connectivity index (χ1n) is 7.81. The number of thioether (sulfide) groups is 1. The molecule has 122 valence electrons. The highest BCUT2D eigenvalue weighted by atomic mass is 32.2. The molecule has 0 aliphatic rings. The maximum Gasteiger partial charge on any atom is 0.238 e. The van der Waals surface area contributed by atoms with Gasteiger partial charge in [0, 0.05) is 17.1 Å². The summed E-state index contributed by atoms with van der Waals surface area (Å²) in [5.41, 5.74) is 3.29. The van der Waals surface area contributed by atoms with Crippen LogP contribution in [0.2, 0.25) is 0 Å². The fraction of sp³-hybridized carbons (Fsp3) is 0.316. The Hall–Kier alpha value is -1.78. The van der Waals surface area contributed by atoms with Crippen LogP contribution in [0.3, 0.4) is 0 Å². The van der Waals surface area contributed by atoms with E-state index in [0.29, 0.717) is 6.54 Å². The molecule has 0 aliphatic carbocycles. The lowest BCUT2D eigenvalue weighted by Gasteiger charge is -2.17. The predicted octanol–water partition coefficient (Wildman–Crippen LogP) is 4.04. The second-order valence-corrected chi connectivity index (χ2v) is 6.46. The fourth-order valence-electron chi connectivity index (χ4n) is 2.48. The van der Waals surface area contributed by atoms with E-state index in [1.54, 1.807) is 11.8 Å². The number of amides is 1. The molecule has 0 heterocycles. The number of carbonyl (C=O) groups is 1. The summed E-state index contributed by atoms with van der Waals surface area (Å²) >= 11 is 1.73. The van der Waals surface area contributed by atoms with E-state index in [1.165, 1.54) is 10.5 Å². The number of aryl methyl sites for hydroxylation is 1. The van der Waals surface area contributed by atoms with Crippen LogP contribution in [-0.4, -0.2) is 30.7 Å². The monoisotopic (exact) mass is 328 g/mol. The SMILES string of the molecule is CCc1ccccc1NC(=O)CN(C)Cc1ccc(SC)cc1. The van der Waals surface area contributed by atoms with E-state index in [0.717, 1.165) is 24.2 Å². The van der Waals surface area contributed by atoms with Crippen molar-refractivity contribution in [2.24, 2.45) is 0 Å². The van der Waals surface area contributed by atoms with Gasteiger partial charge in [-0.25, -0.2) is 0 Å². The fourth-order valence-corrected chi connectivity index (χ4v) is 2.89. The summed E-state index contributed by atoms with van der Waals surface area (Å²) in [5.74, 6) is 0.0223. The molecule has 0 aromatic heterocycles. The van der Waals surface area contributed by atoms with Crippen molar-refractivity contribution in [1.29, 1.82) is 0 Å². The van der Waals surface area contributed by atoms with Crippen LogP contribution in [0.4, 0.5) is 5.69 Å². The molecule has 1 N–H and O–H groups in total. The van der Waals surface area contributed by atoms with Crippen LogP contribution < -0.4 is 5.32 Å². The summed E-state index contributed by atoms with van der Waals surface area (Å²) in [4.78, 5) is 15.5. The Kier molecular flexibility index (Phi) is 6.68. The Morgan fingerprint density at radius 3 is 2.48 bits per heavy atom. The van der Waals surface area contributed by atoms with Crippen LogP contribution in [0.15, 0.2) is 53.4 Å². The molecule has 0 atom stereocenters. The molecule has 2 rings (SSSR count). The second kappa shape index (κ2) is 8.75. The van der Waals surface area contributed by atoms with E-state index in [2.05, 4.69) is 42.8 Å². The number of hydrogen-bond acceptors (Lipinski definition) is 3. The van der Waals surface area contributed by atoms with Gasteiger partial charge in [-0.3, -0.25) is 9.69 Å². The molecule has 4 heteroatoms. The Balaban J connectivity index is 1.88. The summed E-state index contributed by atoms with van der Waals surface area (Å²) in [6.45, 7) is 3.23. The van der Waals surface area contributed by atoms with Gasteiger partial charge in [-0.2, -0.15) is 0 Å². The minimum atomic E-state index is 0.0223. The van der Waals surface area contributed by atoms with Crippen molar-refractivity contribution in [3.05, 3.63) is 59.7 Å². The van der Waals surface area contributed by atoms with Gasteiger partial charge in [-0.05, 0) is 49.1 Å². The van der Waals surface area contributed by atoms with Crippen LogP contribution in [-0.2, 0) is 17.8 Å². The van der Waals surface area contributed by atoms with Crippen LogP contribution in [0.25, 0.3) is 0 Å². The molecule has 0 bridgehead atoms. The topological polar surface area (TPSA) is 32.3 Å². The third kappa shape index (κ3) is 5.41. The number of anilines is 1. The third-order valence-electron chi connectivity index (χ3n) is 3.70. The van der Waals surface area contributed by atoms with E-state index in [1.807, 2.05) is 36.2 Å². The maximum absolute atomic E-state index is 12.2. The zero-order chi connectivity index (χ0) is 16.7. The molecule has 3 nitrogen and oxygen atoms in total. The Morgan fingerprint density at radius 1 is 1.13 bits per heavy atom. The summed E-state index contributed by atoms with van der Waals surface area (Å²) in [7, 11) is 1.97. The highest BCUT2D eigenvalue weighted by molar-refractivity contribution is 7.98. The van der Waals surface area contributed by atoms with E-state index in [-0.39, 0.29) is 5.91 Å². The smallest absolute Gasteiger partial charge is 0.238 e. The quantitative estimate of drug-likeness (QED) is 0.779. The summed E-state index contributed by atoms with van der Waals surface area (Å²) in [6, 6.07) is 16.4. The minimum absolute atomic E-state index is 0.0223.